The molecule has 0 heterocycles. The molecule has 0 atom stereocenters. The van der Waals surface area contributed by atoms with Gasteiger partial charge in [0.2, 0.25) is 0 Å². The fraction of sp³-hybridized carbons (Fsp3) is 0.308. The summed E-state index contributed by atoms with van der Waals surface area (Å²) in [6.45, 7) is 3.89. The quantitative estimate of drug-likeness (QED) is 0.814. The highest BCUT2D eigenvalue weighted by Gasteiger charge is 2.28. The van der Waals surface area contributed by atoms with Gasteiger partial charge in [-0.25, -0.2) is 0 Å². The van der Waals surface area contributed by atoms with E-state index in [0.29, 0.717) is 6.54 Å². The molecule has 0 saturated heterocycles. The maximum absolute atomic E-state index is 11.0. The molecule has 0 aliphatic rings. The molecule has 0 spiro atoms. The van der Waals surface area contributed by atoms with Gasteiger partial charge in [0.25, 0.3) is 0 Å². The molecule has 0 aliphatic carbocycles. The number of carboxylic acid groups (broad SMARTS) is 1. The number of nitrogens with two attached hydrogens (primary N) is 1. The number of hydrogen-bond acceptors (Lipinski definition) is 2. The van der Waals surface area contributed by atoms with Crippen molar-refractivity contribution in [3.05, 3.63) is 41.5 Å². The minimum atomic E-state index is -0.851. The topological polar surface area (TPSA) is 63.3 Å². The lowest BCUT2D eigenvalue weighted by molar-refractivity contribution is -0.142. The second-order valence-corrected chi connectivity index (χ2v) is 4.19. The lowest BCUT2D eigenvalue weighted by Crippen LogP contribution is -2.28. The third-order valence-corrected chi connectivity index (χ3v) is 2.61. The predicted octanol–water partition coefficient (Wildman–Crippen LogP) is 2.02. The van der Waals surface area contributed by atoms with Crippen molar-refractivity contribution < 1.29 is 9.90 Å². The van der Waals surface area contributed by atoms with Crippen molar-refractivity contribution in [2.24, 2.45) is 5.73 Å². The average molecular weight is 219 g/mol. The molecule has 16 heavy (non-hydrogen) atoms. The van der Waals surface area contributed by atoms with Gasteiger partial charge in [0, 0.05) is 6.54 Å². The van der Waals surface area contributed by atoms with E-state index in [-0.39, 0.29) is 0 Å². The average Bonchev–Trinajstić information content (AvgIpc) is 2.26. The van der Waals surface area contributed by atoms with Crippen molar-refractivity contribution in [2.75, 3.05) is 6.54 Å². The summed E-state index contributed by atoms with van der Waals surface area (Å²) < 4.78 is 0. The number of carboxylic acids is 1. The summed E-state index contributed by atoms with van der Waals surface area (Å²) in [5.41, 5.74) is 6.32. The highest BCUT2D eigenvalue weighted by molar-refractivity contribution is 5.80. The van der Waals surface area contributed by atoms with Crippen LogP contribution in [0.15, 0.2) is 30.3 Å². The number of benzene rings is 1. The zero-order valence-electron chi connectivity index (χ0n) is 9.60. The van der Waals surface area contributed by atoms with Gasteiger partial charge in [0.15, 0.2) is 0 Å². The van der Waals surface area contributed by atoms with Crippen LogP contribution in [0.2, 0.25) is 0 Å². The lowest BCUT2D eigenvalue weighted by Gasteiger charge is -2.19. The Morgan fingerprint density at radius 3 is 2.38 bits per heavy atom. The van der Waals surface area contributed by atoms with Crippen LogP contribution in [0.4, 0.5) is 0 Å². The number of carbonyl (C=O) groups is 1. The van der Waals surface area contributed by atoms with E-state index in [1.54, 1.807) is 13.8 Å². The maximum atomic E-state index is 11.0. The highest BCUT2D eigenvalue weighted by atomic mass is 16.4. The fourth-order valence-corrected chi connectivity index (χ4v) is 1.34. The van der Waals surface area contributed by atoms with Crippen molar-refractivity contribution in [3.8, 4) is 0 Å². The van der Waals surface area contributed by atoms with Gasteiger partial charge < -0.3 is 10.8 Å². The van der Waals surface area contributed by atoms with Gasteiger partial charge >= 0.3 is 5.97 Å². The van der Waals surface area contributed by atoms with Gasteiger partial charge in [-0.1, -0.05) is 36.4 Å². The van der Waals surface area contributed by atoms with E-state index in [4.69, 9.17) is 10.8 Å². The second kappa shape index (κ2) is 4.94. The minimum Gasteiger partial charge on any atom is -0.481 e. The molecule has 0 fully saturated rings. The Labute approximate surface area is 95.6 Å². The normalized spacial score (nSPS) is 11.9. The Balaban J connectivity index is 2.95. The van der Waals surface area contributed by atoms with E-state index in [0.717, 1.165) is 11.1 Å². The molecule has 0 aromatic heterocycles. The van der Waals surface area contributed by atoms with E-state index in [1.807, 2.05) is 36.4 Å². The van der Waals surface area contributed by atoms with Crippen LogP contribution < -0.4 is 5.73 Å². The Morgan fingerprint density at radius 1 is 1.38 bits per heavy atom. The molecule has 1 aromatic rings. The van der Waals surface area contributed by atoms with Crippen molar-refractivity contribution in [2.45, 2.75) is 19.3 Å². The van der Waals surface area contributed by atoms with Crippen molar-refractivity contribution in [3.63, 3.8) is 0 Å². The van der Waals surface area contributed by atoms with Crippen LogP contribution >= 0.6 is 0 Å². The molecule has 1 rings (SSSR count). The number of aliphatic carboxylic acids is 1. The largest absolute Gasteiger partial charge is 0.481 e. The molecular formula is C13H17NO2. The Morgan fingerprint density at radius 2 is 1.94 bits per heavy atom. The molecule has 0 saturated carbocycles. The van der Waals surface area contributed by atoms with E-state index in [2.05, 4.69) is 0 Å². The first-order chi connectivity index (χ1) is 7.48. The highest BCUT2D eigenvalue weighted by Crippen LogP contribution is 2.23. The van der Waals surface area contributed by atoms with Gasteiger partial charge in [0.05, 0.1) is 5.41 Å². The third-order valence-electron chi connectivity index (χ3n) is 2.61. The van der Waals surface area contributed by atoms with Crippen molar-refractivity contribution in [1.29, 1.82) is 0 Å². The summed E-state index contributed by atoms with van der Waals surface area (Å²) in [5.74, 6) is -0.822. The summed E-state index contributed by atoms with van der Waals surface area (Å²) in [4.78, 5) is 11.0. The molecule has 3 nitrogen and oxygen atoms in total. The van der Waals surface area contributed by atoms with Gasteiger partial charge in [0.1, 0.15) is 0 Å². The molecule has 0 radical (unpaired) electrons. The smallest absolute Gasteiger partial charge is 0.313 e. The Kier molecular flexibility index (Phi) is 3.85. The molecule has 0 bridgehead atoms. The summed E-state index contributed by atoms with van der Waals surface area (Å²) in [6, 6.07) is 7.47. The van der Waals surface area contributed by atoms with Crippen LogP contribution in [-0.4, -0.2) is 17.6 Å². The molecule has 86 valence electrons. The fourth-order valence-electron chi connectivity index (χ4n) is 1.34. The van der Waals surface area contributed by atoms with Crippen molar-refractivity contribution in [1.82, 2.24) is 0 Å². The maximum Gasteiger partial charge on any atom is 0.313 e. The molecular weight excluding hydrogens is 202 g/mol. The summed E-state index contributed by atoms with van der Waals surface area (Å²) in [6.07, 6.45) is 3.77. The summed E-state index contributed by atoms with van der Waals surface area (Å²) in [7, 11) is 0. The molecule has 0 aliphatic heterocycles. The standard InChI is InChI=1S/C13H17NO2/c1-13(2,12(15)16)11-7-5-10(6-8-11)4-3-9-14/h3-8H,9,14H2,1-2H3,(H,15,16). The first-order valence-corrected chi connectivity index (χ1v) is 5.19. The molecule has 0 unspecified atom stereocenters. The minimum absolute atomic E-state index is 0.502. The first-order valence-electron chi connectivity index (χ1n) is 5.19. The SMILES string of the molecule is CC(C)(C(=O)O)c1ccc(C=CCN)cc1. The lowest BCUT2D eigenvalue weighted by atomic mass is 9.84. The van der Waals surface area contributed by atoms with Crippen LogP contribution in [0, 0.1) is 0 Å². The van der Waals surface area contributed by atoms with Crippen LogP contribution in [-0.2, 0) is 10.2 Å². The van der Waals surface area contributed by atoms with E-state index < -0.39 is 11.4 Å². The van der Waals surface area contributed by atoms with Crippen molar-refractivity contribution >= 4 is 12.0 Å². The molecule has 1 aromatic carbocycles. The van der Waals surface area contributed by atoms with Crippen LogP contribution in [0.5, 0.6) is 0 Å². The van der Waals surface area contributed by atoms with Crippen LogP contribution in [0.3, 0.4) is 0 Å². The number of hydrogen-bond donors (Lipinski definition) is 2. The van der Waals surface area contributed by atoms with E-state index >= 15 is 0 Å². The molecule has 3 heteroatoms. The first kappa shape index (κ1) is 12.5. The Bertz CT molecular complexity index is 391. The van der Waals surface area contributed by atoms with E-state index in [9.17, 15) is 4.79 Å². The molecule has 3 N–H and O–H groups in total. The third kappa shape index (κ3) is 2.70. The predicted molar refractivity (Wildman–Crippen MR) is 65.2 cm³/mol. The zero-order chi connectivity index (χ0) is 12.2. The van der Waals surface area contributed by atoms with Gasteiger partial charge in [-0.05, 0) is 25.0 Å². The Hall–Kier alpha value is -1.61. The summed E-state index contributed by atoms with van der Waals surface area (Å²) >= 11 is 0. The van der Waals surface area contributed by atoms with Gasteiger partial charge in [-0.15, -0.1) is 0 Å². The summed E-state index contributed by atoms with van der Waals surface area (Å²) in [5, 5.41) is 9.07. The zero-order valence-corrected chi connectivity index (χ0v) is 9.60. The molecule has 0 amide bonds. The van der Waals surface area contributed by atoms with Gasteiger partial charge in [-0.2, -0.15) is 0 Å². The second-order valence-electron chi connectivity index (χ2n) is 4.19. The van der Waals surface area contributed by atoms with Crippen LogP contribution in [0.1, 0.15) is 25.0 Å². The number of rotatable bonds is 4. The van der Waals surface area contributed by atoms with Crippen LogP contribution in [0.25, 0.3) is 6.08 Å². The van der Waals surface area contributed by atoms with Gasteiger partial charge in [-0.3, -0.25) is 4.79 Å². The van der Waals surface area contributed by atoms with E-state index in [1.165, 1.54) is 0 Å². The monoisotopic (exact) mass is 219 g/mol.